The molecule has 0 radical (unpaired) electrons. The van der Waals surface area contributed by atoms with E-state index in [4.69, 9.17) is 0 Å². The monoisotopic (exact) mass is 589 g/mol. The van der Waals surface area contributed by atoms with E-state index in [1.165, 1.54) is 4.31 Å². The summed E-state index contributed by atoms with van der Waals surface area (Å²) in [5, 5.41) is 10.0. The van der Waals surface area contributed by atoms with E-state index in [0.29, 0.717) is 5.56 Å². The smallest absolute Gasteiger partial charge is 0.333 e. The van der Waals surface area contributed by atoms with Gasteiger partial charge in [0.2, 0.25) is 10.0 Å². The number of hydrogen-bond donors (Lipinski definition) is 1. The molecule has 3 aromatic rings. The number of sulfonamides is 1. The number of hydrogen-bond acceptors (Lipinski definition) is 3. The molecule has 0 spiro atoms. The van der Waals surface area contributed by atoms with E-state index >= 15 is 0 Å². The molecule has 3 aromatic carbocycles. The minimum Gasteiger partial charge on any atom is -0.478 e. The van der Waals surface area contributed by atoms with Crippen LogP contribution < -0.4 is 0 Å². The van der Waals surface area contributed by atoms with Gasteiger partial charge in [0.15, 0.2) is 0 Å². The average molecular weight is 591 g/mol. The van der Waals surface area contributed by atoms with Crippen molar-refractivity contribution in [2.45, 2.75) is 30.3 Å². The summed E-state index contributed by atoms with van der Waals surface area (Å²) < 4.78 is 31.1. The van der Waals surface area contributed by atoms with Crippen LogP contribution in [0.4, 0.5) is 0 Å². The van der Waals surface area contributed by atoms with Gasteiger partial charge in [-0.3, -0.25) is 0 Å². The highest BCUT2D eigenvalue weighted by molar-refractivity contribution is 9.10. The lowest BCUT2D eigenvalue weighted by Crippen LogP contribution is -2.42. The van der Waals surface area contributed by atoms with Crippen LogP contribution in [0.2, 0.25) is 0 Å². The zero-order valence-electron chi connectivity index (χ0n) is 17.7. The number of aryl methyl sites for hydroxylation is 1. The Balaban J connectivity index is 1.98. The standard InChI is InChI=1S/C25H21Br2NO4S/c1-16-8-10-21(11-9-16)33(31,32)28-23(17-4-2-6-19(26)14-17)13-12-22(25(29)30)24(28)18-5-3-7-20(27)15-18/h2-12,14-15,23-24H,13H2,1H3,(H,29,30)/t23-,24-/m0/s1. The third-order valence-corrected chi connectivity index (χ3v) is 8.53. The molecule has 1 heterocycles. The van der Waals surface area contributed by atoms with E-state index in [-0.39, 0.29) is 16.9 Å². The lowest BCUT2D eigenvalue weighted by Gasteiger charge is -2.40. The molecule has 33 heavy (non-hydrogen) atoms. The van der Waals surface area contributed by atoms with E-state index in [0.717, 1.165) is 20.1 Å². The zero-order valence-corrected chi connectivity index (χ0v) is 21.6. The second-order valence-electron chi connectivity index (χ2n) is 7.88. The van der Waals surface area contributed by atoms with Crippen LogP contribution in [0.3, 0.4) is 0 Å². The molecule has 5 nitrogen and oxygen atoms in total. The third kappa shape index (κ3) is 4.84. The number of nitrogens with zero attached hydrogens (tertiary/aromatic N) is 1. The van der Waals surface area contributed by atoms with Gasteiger partial charge >= 0.3 is 5.97 Å². The van der Waals surface area contributed by atoms with Crippen LogP contribution in [0.25, 0.3) is 0 Å². The summed E-state index contributed by atoms with van der Waals surface area (Å²) in [7, 11) is -4.07. The van der Waals surface area contributed by atoms with Crippen molar-refractivity contribution in [2.24, 2.45) is 0 Å². The van der Waals surface area contributed by atoms with E-state index in [2.05, 4.69) is 31.9 Å². The van der Waals surface area contributed by atoms with Crippen LogP contribution >= 0.6 is 31.9 Å². The minimum atomic E-state index is -4.07. The molecule has 8 heteroatoms. The molecule has 0 aliphatic carbocycles. The second-order valence-corrected chi connectivity index (χ2v) is 11.6. The normalized spacial score (nSPS) is 19.2. The molecule has 170 valence electrons. The first-order valence-electron chi connectivity index (χ1n) is 10.2. The van der Waals surface area contributed by atoms with E-state index in [9.17, 15) is 18.3 Å². The van der Waals surface area contributed by atoms with Crippen molar-refractivity contribution in [3.8, 4) is 0 Å². The predicted molar refractivity (Wildman–Crippen MR) is 134 cm³/mol. The maximum absolute atomic E-state index is 14.1. The number of carboxylic acid groups (broad SMARTS) is 1. The van der Waals surface area contributed by atoms with Gasteiger partial charge in [0.05, 0.1) is 22.6 Å². The first kappa shape index (κ1) is 23.9. The van der Waals surface area contributed by atoms with Gasteiger partial charge in [0.25, 0.3) is 0 Å². The molecular weight excluding hydrogens is 570 g/mol. The third-order valence-electron chi connectivity index (χ3n) is 5.66. The fourth-order valence-corrected chi connectivity index (χ4v) is 6.73. The Labute approximate surface area is 210 Å². The molecule has 0 fully saturated rings. The summed E-state index contributed by atoms with van der Waals surface area (Å²) >= 11 is 6.91. The van der Waals surface area contributed by atoms with Gasteiger partial charge in [-0.05, 0) is 60.9 Å². The summed E-state index contributed by atoms with van der Waals surface area (Å²) in [5.41, 5.74) is 2.33. The summed E-state index contributed by atoms with van der Waals surface area (Å²) in [5.74, 6) is -1.14. The molecule has 4 rings (SSSR count). The number of halogens is 2. The molecule has 1 aliphatic heterocycles. The molecule has 0 aromatic heterocycles. The van der Waals surface area contributed by atoms with Crippen LogP contribution in [-0.4, -0.2) is 23.8 Å². The maximum Gasteiger partial charge on any atom is 0.333 e. The first-order valence-corrected chi connectivity index (χ1v) is 13.3. The number of carbonyl (C=O) groups is 1. The highest BCUT2D eigenvalue weighted by Crippen LogP contribution is 2.46. The number of aliphatic carboxylic acids is 1. The van der Waals surface area contributed by atoms with Crippen molar-refractivity contribution < 1.29 is 18.3 Å². The zero-order chi connectivity index (χ0) is 23.8. The van der Waals surface area contributed by atoms with Crippen molar-refractivity contribution in [2.75, 3.05) is 0 Å². The Morgan fingerprint density at radius 1 is 0.939 bits per heavy atom. The SMILES string of the molecule is Cc1ccc(S(=O)(=O)N2[C@@H](c3cccc(Br)c3)C(C(=O)O)=CC[C@H]2c2cccc(Br)c2)cc1. The Morgan fingerprint density at radius 3 is 2.09 bits per heavy atom. The average Bonchev–Trinajstić information content (AvgIpc) is 2.78. The molecule has 0 saturated carbocycles. The fraction of sp³-hybridized carbons (Fsp3) is 0.160. The highest BCUT2D eigenvalue weighted by Gasteiger charge is 2.44. The largest absolute Gasteiger partial charge is 0.478 e. The molecule has 0 saturated heterocycles. The Morgan fingerprint density at radius 2 is 1.52 bits per heavy atom. The van der Waals surface area contributed by atoms with Gasteiger partial charge in [-0.25, -0.2) is 13.2 Å². The van der Waals surface area contributed by atoms with Gasteiger partial charge in [0, 0.05) is 8.95 Å². The van der Waals surface area contributed by atoms with Crippen LogP contribution in [0, 0.1) is 6.92 Å². The van der Waals surface area contributed by atoms with Crippen LogP contribution in [0.15, 0.2) is 98.3 Å². The highest BCUT2D eigenvalue weighted by atomic mass is 79.9. The molecular formula is C25H21Br2NO4S. The summed E-state index contributed by atoms with van der Waals surface area (Å²) in [6, 6.07) is 19.6. The lowest BCUT2D eigenvalue weighted by molar-refractivity contribution is -0.133. The predicted octanol–water partition coefficient (Wildman–Crippen LogP) is 6.41. The Hall–Kier alpha value is -2.26. The second kappa shape index (κ2) is 9.54. The Kier molecular flexibility index (Phi) is 6.91. The lowest BCUT2D eigenvalue weighted by atomic mass is 9.89. The number of rotatable bonds is 5. The summed E-state index contributed by atoms with van der Waals surface area (Å²) in [4.78, 5) is 12.4. The van der Waals surface area contributed by atoms with Crippen LogP contribution in [-0.2, 0) is 14.8 Å². The molecule has 0 amide bonds. The van der Waals surface area contributed by atoms with E-state index < -0.39 is 28.1 Å². The van der Waals surface area contributed by atoms with Gasteiger partial charge in [-0.2, -0.15) is 4.31 Å². The van der Waals surface area contributed by atoms with Crippen LogP contribution in [0.5, 0.6) is 0 Å². The molecule has 1 N–H and O–H groups in total. The van der Waals surface area contributed by atoms with E-state index in [1.54, 1.807) is 48.5 Å². The number of benzene rings is 3. The maximum atomic E-state index is 14.1. The topological polar surface area (TPSA) is 74.7 Å². The molecule has 1 aliphatic rings. The molecule has 0 bridgehead atoms. The minimum absolute atomic E-state index is 0.0371. The number of carboxylic acids is 1. The fourth-order valence-electron chi connectivity index (χ4n) is 4.11. The van der Waals surface area contributed by atoms with Crippen molar-refractivity contribution >= 4 is 47.9 Å². The van der Waals surface area contributed by atoms with Crippen molar-refractivity contribution in [1.82, 2.24) is 4.31 Å². The molecule has 2 atom stereocenters. The van der Waals surface area contributed by atoms with Gasteiger partial charge in [-0.1, -0.05) is 79.9 Å². The first-order chi connectivity index (χ1) is 15.7. The molecule has 0 unspecified atom stereocenters. The van der Waals surface area contributed by atoms with Crippen molar-refractivity contribution in [3.63, 3.8) is 0 Å². The Bertz CT molecular complexity index is 1340. The van der Waals surface area contributed by atoms with Gasteiger partial charge in [0.1, 0.15) is 0 Å². The quantitative estimate of drug-likeness (QED) is 0.373. The van der Waals surface area contributed by atoms with Gasteiger partial charge in [-0.15, -0.1) is 0 Å². The van der Waals surface area contributed by atoms with Crippen LogP contribution in [0.1, 0.15) is 35.2 Å². The van der Waals surface area contributed by atoms with Crippen molar-refractivity contribution in [1.29, 1.82) is 0 Å². The van der Waals surface area contributed by atoms with Gasteiger partial charge < -0.3 is 5.11 Å². The van der Waals surface area contributed by atoms with Crippen molar-refractivity contribution in [3.05, 3.63) is 110 Å². The van der Waals surface area contributed by atoms with E-state index in [1.807, 2.05) is 37.3 Å². The summed E-state index contributed by atoms with van der Waals surface area (Å²) in [6.07, 6.45) is 1.88. The summed E-state index contributed by atoms with van der Waals surface area (Å²) in [6.45, 7) is 1.89.